The Balaban J connectivity index is 1.37. The first-order valence-electron chi connectivity index (χ1n) is 13.0. The monoisotopic (exact) mass is 560 g/mol. The van der Waals surface area contributed by atoms with Crippen molar-refractivity contribution in [2.45, 2.75) is 86.0 Å². The largest absolute Gasteiger partial charge is 0.388 e. The van der Waals surface area contributed by atoms with Gasteiger partial charge in [0.2, 0.25) is 5.91 Å². The second kappa shape index (κ2) is 12.9. The lowest BCUT2D eigenvalue weighted by atomic mass is 9.86. The fourth-order valence-electron chi connectivity index (χ4n) is 5.79. The Hall–Kier alpha value is -0.980. The van der Waals surface area contributed by atoms with Crippen LogP contribution in [0.4, 0.5) is 4.39 Å². The molecule has 11 atom stereocenters. The molecule has 0 aliphatic carbocycles. The first kappa shape index (κ1) is 29.0. The standard InChI is InChI=1S/C26H38ClFN2O6S/c1-13(27)18(24-21(32)20(31)22(33)26(36-24)37-2)30-25(34)19-23-16(12-29-19)10-15(8-9-35-23)7-6-14-4-3-5-17(28)11-14/h3-5,11,13,15-16,18-24,26,29,31-33H,6-10,12H2,1-2H3,(H,30,34)/t13-,15-,16-,18+,19-,20?,21?,22?,23+,24?,26?/m0/s1. The number of amides is 1. The molecule has 3 heterocycles. The van der Waals surface area contributed by atoms with Crippen molar-refractivity contribution in [2.75, 3.05) is 19.4 Å². The van der Waals surface area contributed by atoms with Crippen LogP contribution in [0.3, 0.4) is 0 Å². The molecule has 5 unspecified atom stereocenters. The van der Waals surface area contributed by atoms with Crippen LogP contribution in [-0.2, 0) is 20.7 Å². The van der Waals surface area contributed by atoms with Crippen molar-refractivity contribution in [3.8, 4) is 0 Å². The number of hydrogen-bond donors (Lipinski definition) is 5. The van der Waals surface area contributed by atoms with E-state index in [1.54, 1.807) is 25.3 Å². The molecule has 3 saturated heterocycles. The zero-order valence-corrected chi connectivity index (χ0v) is 22.7. The number of alkyl halides is 1. The highest BCUT2D eigenvalue weighted by Crippen LogP contribution is 2.34. The first-order chi connectivity index (χ1) is 17.7. The second-order valence-electron chi connectivity index (χ2n) is 10.4. The summed E-state index contributed by atoms with van der Waals surface area (Å²) in [6.07, 6.45) is -0.128. The highest BCUT2D eigenvalue weighted by molar-refractivity contribution is 7.99. The van der Waals surface area contributed by atoms with Gasteiger partial charge in [-0.1, -0.05) is 12.1 Å². The van der Waals surface area contributed by atoms with Gasteiger partial charge in [0, 0.05) is 13.2 Å². The van der Waals surface area contributed by atoms with Crippen molar-refractivity contribution in [1.82, 2.24) is 10.6 Å². The normalized spacial score (nSPS) is 37.9. The van der Waals surface area contributed by atoms with Gasteiger partial charge in [0.15, 0.2) is 0 Å². The third-order valence-electron chi connectivity index (χ3n) is 7.87. The van der Waals surface area contributed by atoms with Gasteiger partial charge in [0.25, 0.3) is 0 Å². The molecule has 0 radical (unpaired) electrons. The van der Waals surface area contributed by atoms with E-state index < -0.39 is 47.3 Å². The highest BCUT2D eigenvalue weighted by Gasteiger charge is 2.49. The quantitative estimate of drug-likeness (QED) is 0.303. The Kier molecular flexibility index (Phi) is 10.1. The van der Waals surface area contributed by atoms with E-state index in [0.29, 0.717) is 19.1 Å². The summed E-state index contributed by atoms with van der Waals surface area (Å²) in [6.45, 7) is 2.87. The van der Waals surface area contributed by atoms with E-state index in [-0.39, 0.29) is 23.7 Å². The average Bonchev–Trinajstić information content (AvgIpc) is 3.15. The SMILES string of the molecule is CSC1OC([C@H](NC(=O)[C@H]2NC[C@@H]3C[C@@H](CCc4cccc(F)c4)CCO[C@H]32)[C@H](C)Cl)C(O)C(O)C1O. The van der Waals surface area contributed by atoms with Gasteiger partial charge in [-0.25, -0.2) is 4.39 Å². The number of ether oxygens (including phenoxy) is 2. The van der Waals surface area contributed by atoms with E-state index in [2.05, 4.69) is 10.6 Å². The van der Waals surface area contributed by atoms with Gasteiger partial charge in [-0.15, -0.1) is 23.4 Å². The van der Waals surface area contributed by atoms with Crippen LogP contribution < -0.4 is 10.6 Å². The molecule has 208 valence electrons. The predicted octanol–water partition coefficient (Wildman–Crippen LogP) is 1.42. The summed E-state index contributed by atoms with van der Waals surface area (Å²) >= 11 is 7.62. The molecule has 11 heteroatoms. The van der Waals surface area contributed by atoms with E-state index in [4.69, 9.17) is 21.1 Å². The number of aliphatic hydroxyl groups excluding tert-OH is 3. The van der Waals surface area contributed by atoms with E-state index >= 15 is 0 Å². The summed E-state index contributed by atoms with van der Waals surface area (Å²) in [5.41, 5.74) is 0.222. The van der Waals surface area contributed by atoms with Gasteiger partial charge < -0.3 is 35.4 Å². The Morgan fingerprint density at radius 1 is 1.30 bits per heavy atom. The van der Waals surface area contributed by atoms with Crippen molar-refractivity contribution in [1.29, 1.82) is 0 Å². The third-order valence-corrected chi connectivity index (χ3v) is 9.00. The van der Waals surface area contributed by atoms with Crippen LogP contribution in [0.1, 0.15) is 31.7 Å². The van der Waals surface area contributed by atoms with Crippen LogP contribution in [0, 0.1) is 17.7 Å². The van der Waals surface area contributed by atoms with Gasteiger partial charge in [-0.05, 0) is 68.4 Å². The minimum Gasteiger partial charge on any atom is -0.388 e. The van der Waals surface area contributed by atoms with Crippen molar-refractivity contribution in [3.63, 3.8) is 0 Å². The van der Waals surface area contributed by atoms with Crippen LogP contribution in [-0.4, -0.2) is 94.1 Å². The van der Waals surface area contributed by atoms with Crippen molar-refractivity contribution >= 4 is 29.3 Å². The summed E-state index contributed by atoms with van der Waals surface area (Å²) in [4.78, 5) is 13.4. The molecule has 0 bridgehead atoms. The number of halogens is 2. The molecule has 5 N–H and O–H groups in total. The Morgan fingerprint density at radius 3 is 2.78 bits per heavy atom. The molecule has 0 aromatic heterocycles. The van der Waals surface area contributed by atoms with Crippen LogP contribution in [0.25, 0.3) is 0 Å². The van der Waals surface area contributed by atoms with Gasteiger partial charge >= 0.3 is 0 Å². The molecule has 1 amide bonds. The molecule has 3 aliphatic heterocycles. The molecule has 3 fully saturated rings. The summed E-state index contributed by atoms with van der Waals surface area (Å²) in [6, 6.07) is 5.32. The van der Waals surface area contributed by atoms with Crippen LogP contribution >= 0.6 is 23.4 Å². The van der Waals surface area contributed by atoms with Crippen LogP contribution in [0.2, 0.25) is 0 Å². The number of aryl methyl sites for hydroxylation is 1. The van der Waals surface area contributed by atoms with Gasteiger partial charge in [-0.2, -0.15) is 0 Å². The average molecular weight is 561 g/mol. The molecular weight excluding hydrogens is 523 g/mol. The number of aliphatic hydroxyl groups is 3. The van der Waals surface area contributed by atoms with E-state index in [1.165, 1.54) is 17.8 Å². The van der Waals surface area contributed by atoms with Crippen LogP contribution in [0.5, 0.6) is 0 Å². The maximum Gasteiger partial charge on any atom is 0.240 e. The van der Waals surface area contributed by atoms with Crippen molar-refractivity contribution in [2.24, 2.45) is 11.8 Å². The minimum atomic E-state index is -1.42. The van der Waals surface area contributed by atoms with Crippen LogP contribution in [0.15, 0.2) is 24.3 Å². The molecular formula is C26H38ClFN2O6S. The number of carbonyl (C=O) groups excluding carboxylic acids is 1. The van der Waals surface area contributed by atoms with Gasteiger partial charge in [0.05, 0.1) is 17.5 Å². The molecule has 3 aliphatic rings. The number of thioether (sulfide) groups is 1. The topological polar surface area (TPSA) is 120 Å². The van der Waals surface area contributed by atoms with Gasteiger partial charge in [-0.3, -0.25) is 4.79 Å². The molecule has 4 rings (SSSR count). The molecule has 37 heavy (non-hydrogen) atoms. The molecule has 1 aromatic rings. The summed E-state index contributed by atoms with van der Waals surface area (Å²) in [7, 11) is 0. The zero-order valence-electron chi connectivity index (χ0n) is 21.1. The van der Waals surface area contributed by atoms with E-state index in [0.717, 1.165) is 31.2 Å². The lowest BCUT2D eigenvalue weighted by Crippen LogP contribution is -2.65. The lowest BCUT2D eigenvalue weighted by molar-refractivity contribution is -0.205. The Labute approximate surface area is 226 Å². The number of fused-ring (bicyclic) bond motifs is 1. The second-order valence-corrected chi connectivity index (χ2v) is 12.1. The maximum absolute atomic E-state index is 13.5. The number of nitrogens with one attached hydrogen (secondary N) is 2. The Morgan fingerprint density at radius 2 is 2.08 bits per heavy atom. The van der Waals surface area contributed by atoms with Crippen molar-refractivity contribution in [3.05, 3.63) is 35.6 Å². The maximum atomic E-state index is 13.5. The number of rotatable bonds is 8. The fraction of sp³-hybridized carbons (Fsp3) is 0.731. The van der Waals surface area contributed by atoms with Gasteiger partial charge in [0.1, 0.15) is 41.7 Å². The number of benzene rings is 1. The summed E-state index contributed by atoms with van der Waals surface area (Å²) in [5.74, 6) is 0.0537. The Bertz CT molecular complexity index is 914. The zero-order chi connectivity index (χ0) is 26.7. The summed E-state index contributed by atoms with van der Waals surface area (Å²) in [5, 5.41) is 36.7. The predicted molar refractivity (Wildman–Crippen MR) is 140 cm³/mol. The lowest BCUT2D eigenvalue weighted by Gasteiger charge is -2.44. The summed E-state index contributed by atoms with van der Waals surface area (Å²) < 4.78 is 25.5. The number of hydrogen-bond acceptors (Lipinski definition) is 8. The highest BCUT2D eigenvalue weighted by atomic mass is 35.5. The number of carbonyl (C=O) groups is 1. The first-order valence-corrected chi connectivity index (χ1v) is 14.7. The molecule has 8 nitrogen and oxygen atoms in total. The molecule has 1 aromatic carbocycles. The van der Waals surface area contributed by atoms with E-state index in [9.17, 15) is 24.5 Å². The fourth-order valence-corrected chi connectivity index (χ4v) is 6.68. The van der Waals surface area contributed by atoms with E-state index in [1.807, 2.05) is 6.07 Å². The smallest absolute Gasteiger partial charge is 0.240 e. The van der Waals surface area contributed by atoms with Crippen molar-refractivity contribution < 1.29 is 34.0 Å². The molecule has 0 spiro atoms. The molecule has 0 saturated carbocycles. The third kappa shape index (κ3) is 6.78. The minimum absolute atomic E-state index is 0.164.